The Morgan fingerprint density at radius 2 is 1.97 bits per heavy atom. The minimum absolute atomic E-state index is 0.185. The largest absolute Gasteiger partial charge is 0.493 e. The minimum atomic E-state index is -1.12. The molecule has 154 valence electrons. The quantitative estimate of drug-likeness (QED) is 0.596. The fraction of sp³-hybridized carbons (Fsp3) is 0.100. The number of hydrogen-bond donors (Lipinski definition) is 2. The van der Waals surface area contributed by atoms with Gasteiger partial charge in [-0.15, -0.1) is 0 Å². The first-order valence-electron chi connectivity index (χ1n) is 8.48. The van der Waals surface area contributed by atoms with Gasteiger partial charge in [0.2, 0.25) is 0 Å². The molecule has 30 heavy (non-hydrogen) atoms. The number of amides is 2. The summed E-state index contributed by atoms with van der Waals surface area (Å²) in [5.41, 5.74) is 1.02. The van der Waals surface area contributed by atoms with Crippen LogP contribution >= 0.6 is 27.7 Å². The number of benzene rings is 2. The van der Waals surface area contributed by atoms with Gasteiger partial charge in [0.1, 0.15) is 0 Å². The van der Waals surface area contributed by atoms with Crippen LogP contribution in [0.15, 0.2) is 56.8 Å². The molecule has 1 heterocycles. The van der Waals surface area contributed by atoms with E-state index in [0.29, 0.717) is 26.3 Å². The van der Waals surface area contributed by atoms with Crippen LogP contribution in [0.2, 0.25) is 0 Å². The average Bonchev–Trinajstić information content (AvgIpc) is 3.07. The Bertz CT molecular complexity index is 1070. The molecular weight excluding hydrogens is 476 g/mol. The van der Waals surface area contributed by atoms with Crippen molar-refractivity contribution in [2.45, 2.75) is 0 Å². The van der Waals surface area contributed by atoms with Gasteiger partial charge in [-0.05, 0) is 47.7 Å². The first-order valence-corrected chi connectivity index (χ1v) is 10.1. The van der Waals surface area contributed by atoms with Gasteiger partial charge < -0.3 is 19.9 Å². The first-order chi connectivity index (χ1) is 14.4. The summed E-state index contributed by atoms with van der Waals surface area (Å²) in [7, 11) is 1.42. The fourth-order valence-electron chi connectivity index (χ4n) is 2.43. The van der Waals surface area contributed by atoms with Gasteiger partial charge in [-0.1, -0.05) is 34.1 Å². The lowest BCUT2D eigenvalue weighted by atomic mass is 10.2. The van der Waals surface area contributed by atoms with Crippen molar-refractivity contribution in [3.63, 3.8) is 0 Å². The normalized spacial score (nSPS) is 15.9. The summed E-state index contributed by atoms with van der Waals surface area (Å²) in [5.74, 6) is -1.41. The summed E-state index contributed by atoms with van der Waals surface area (Å²) >= 11 is 4.41. The van der Waals surface area contributed by atoms with E-state index >= 15 is 0 Å². The molecule has 1 saturated heterocycles. The molecule has 2 N–H and O–H groups in total. The Balaban J connectivity index is 1.83. The number of hydrogen-bond acceptors (Lipinski definition) is 6. The highest BCUT2D eigenvalue weighted by Crippen LogP contribution is 2.36. The van der Waals surface area contributed by atoms with E-state index in [-0.39, 0.29) is 10.9 Å². The standard InChI is InChI=1S/C20H15BrN2O6S/c1-28-14-7-12(13(21)9-15(14)29-10-17(24)25)8-16-19(27)23-20(30-16)22-18(26)11-5-3-2-4-6-11/h2-9H,10H2,1H3,(H,24,25)(H,22,23,26,27)/b16-8-. The van der Waals surface area contributed by atoms with Gasteiger partial charge in [-0.25, -0.2) is 4.79 Å². The molecule has 2 aromatic carbocycles. The van der Waals surface area contributed by atoms with Crippen LogP contribution in [-0.4, -0.2) is 41.8 Å². The molecule has 0 unspecified atom stereocenters. The van der Waals surface area contributed by atoms with Gasteiger partial charge in [0.05, 0.1) is 12.0 Å². The van der Waals surface area contributed by atoms with E-state index in [1.807, 2.05) is 0 Å². The van der Waals surface area contributed by atoms with Crippen molar-refractivity contribution in [1.29, 1.82) is 0 Å². The van der Waals surface area contributed by atoms with Gasteiger partial charge in [0, 0.05) is 10.0 Å². The highest BCUT2D eigenvalue weighted by molar-refractivity contribution is 9.10. The second-order valence-electron chi connectivity index (χ2n) is 5.86. The summed E-state index contributed by atoms with van der Waals surface area (Å²) in [6.07, 6.45) is 1.60. The summed E-state index contributed by atoms with van der Waals surface area (Å²) in [4.78, 5) is 39.5. The fourth-order valence-corrected chi connectivity index (χ4v) is 3.68. The second kappa shape index (κ2) is 9.59. The van der Waals surface area contributed by atoms with E-state index in [1.54, 1.807) is 48.5 Å². The highest BCUT2D eigenvalue weighted by Gasteiger charge is 2.25. The molecular formula is C20H15BrN2O6S. The second-order valence-corrected chi connectivity index (χ2v) is 7.74. The molecule has 3 rings (SSSR count). The highest BCUT2D eigenvalue weighted by atomic mass is 79.9. The van der Waals surface area contributed by atoms with Crippen LogP contribution < -0.4 is 14.8 Å². The lowest BCUT2D eigenvalue weighted by Gasteiger charge is -2.11. The first kappa shape index (κ1) is 21.6. The summed E-state index contributed by atoms with van der Waals surface area (Å²) in [6.45, 7) is -0.517. The number of methoxy groups -OCH3 is 1. The summed E-state index contributed by atoms with van der Waals surface area (Å²) in [5, 5.41) is 11.5. The van der Waals surface area contributed by atoms with Crippen molar-refractivity contribution in [3.05, 3.63) is 63.0 Å². The zero-order chi connectivity index (χ0) is 21.7. The van der Waals surface area contributed by atoms with E-state index in [1.165, 1.54) is 7.11 Å². The van der Waals surface area contributed by atoms with E-state index < -0.39 is 24.4 Å². The van der Waals surface area contributed by atoms with Crippen molar-refractivity contribution in [2.75, 3.05) is 13.7 Å². The Kier molecular flexibility index (Phi) is 6.91. The van der Waals surface area contributed by atoms with Crippen LogP contribution in [0.25, 0.3) is 6.08 Å². The zero-order valence-corrected chi connectivity index (χ0v) is 18.0. The molecule has 1 aliphatic rings. The maximum absolute atomic E-state index is 12.3. The Hall–Kier alpha value is -3.11. The van der Waals surface area contributed by atoms with Gasteiger partial charge in [0.15, 0.2) is 23.3 Å². The van der Waals surface area contributed by atoms with Gasteiger partial charge in [-0.2, -0.15) is 4.99 Å². The van der Waals surface area contributed by atoms with Crippen LogP contribution in [0.1, 0.15) is 15.9 Å². The third kappa shape index (κ3) is 5.28. The van der Waals surface area contributed by atoms with Gasteiger partial charge in [-0.3, -0.25) is 9.59 Å². The summed E-state index contributed by atoms with van der Waals surface area (Å²) in [6, 6.07) is 11.7. The maximum atomic E-state index is 12.3. The molecule has 0 radical (unpaired) electrons. The number of nitrogens with zero attached hydrogens (tertiary/aromatic N) is 1. The number of rotatable bonds is 6. The molecule has 8 nitrogen and oxygen atoms in total. The van der Waals surface area contributed by atoms with Crippen LogP contribution in [0.3, 0.4) is 0 Å². The number of nitrogens with one attached hydrogen (secondary N) is 1. The minimum Gasteiger partial charge on any atom is -0.493 e. The predicted octanol–water partition coefficient (Wildman–Crippen LogP) is 3.32. The molecule has 0 saturated carbocycles. The number of halogens is 1. The van der Waals surface area contributed by atoms with Gasteiger partial charge >= 0.3 is 5.97 Å². The number of carboxylic acid groups (broad SMARTS) is 1. The van der Waals surface area contributed by atoms with E-state index in [0.717, 1.165) is 11.8 Å². The van der Waals surface area contributed by atoms with Gasteiger partial charge in [0.25, 0.3) is 11.8 Å². The number of aliphatic carboxylic acids is 1. The van der Waals surface area contributed by atoms with Crippen molar-refractivity contribution in [2.24, 2.45) is 4.99 Å². The Morgan fingerprint density at radius 1 is 1.23 bits per heavy atom. The molecule has 0 bridgehead atoms. The molecule has 10 heteroatoms. The smallest absolute Gasteiger partial charge is 0.341 e. The summed E-state index contributed by atoms with van der Waals surface area (Å²) < 4.78 is 11.0. The third-order valence-corrected chi connectivity index (χ3v) is 5.39. The number of carbonyl (C=O) groups excluding carboxylic acids is 2. The average molecular weight is 491 g/mol. The van der Waals surface area contributed by atoms with E-state index in [2.05, 4.69) is 26.2 Å². The number of carboxylic acids is 1. The molecule has 0 aliphatic carbocycles. The molecule has 0 aromatic heterocycles. The number of amidine groups is 1. The van der Waals surface area contributed by atoms with Crippen molar-refractivity contribution >= 4 is 56.7 Å². The SMILES string of the molecule is COc1cc(/C=C2\SC(=NC(=O)c3ccccc3)NC2=O)c(Br)cc1OCC(=O)O. The predicted molar refractivity (Wildman–Crippen MR) is 116 cm³/mol. The van der Waals surface area contributed by atoms with Crippen LogP contribution in [-0.2, 0) is 9.59 Å². The molecule has 0 atom stereocenters. The number of carbonyl (C=O) groups is 3. The van der Waals surface area contributed by atoms with Crippen LogP contribution in [0.4, 0.5) is 0 Å². The van der Waals surface area contributed by atoms with E-state index in [9.17, 15) is 14.4 Å². The zero-order valence-electron chi connectivity index (χ0n) is 15.5. The monoisotopic (exact) mass is 490 g/mol. The van der Waals surface area contributed by atoms with Crippen molar-refractivity contribution in [3.8, 4) is 11.5 Å². The molecule has 1 aliphatic heterocycles. The number of thioether (sulfide) groups is 1. The third-order valence-electron chi connectivity index (χ3n) is 3.80. The molecule has 1 fully saturated rings. The topological polar surface area (TPSA) is 114 Å². The van der Waals surface area contributed by atoms with Crippen LogP contribution in [0, 0.1) is 0 Å². The lowest BCUT2D eigenvalue weighted by molar-refractivity contribution is -0.139. The van der Waals surface area contributed by atoms with Crippen LogP contribution in [0.5, 0.6) is 11.5 Å². The Labute approximate surface area is 184 Å². The number of aliphatic imine (C=N–C) groups is 1. The molecule has 0 spiro atoms. The Morgan fingerprint density at radius 3 is 2.63 bits per heavy atom. The number of ether oxygens (including phenoxy) is 2. The lowest BCUT2D eigenvalue weighted by Crippen LogP contribution is -2.20. The van der Waals surface area contributed by atoms with Crippen molar-refractivity contribution < 1.29 is 29.0 Å². The molecule has 2 aromatic rings. The molecule has 2 amide bonds. The van der Waals surface area contributed by atoms with Crippen molar-refractivity contribution in [1.82, 2.24) is 5.32 Å². The maximum Gasteiger partial charge on any atom is 0.341 e. The van der Waals surface area contributed by atoms with E-state index in [4.69, 9.17) is 14.6 Å².